The van der Waals surface area contributed by atoms with E-state index in [1.165, 1.54) is 0 Å². The summed E-state index contributed by atoms with van der Waals surface area (Å²) < 4.78 is 5.61. The molecule has 0 saturated carbocycles. The Hall–Kier alpha value is -1.51. The van der Waals surface area contributed by atoms with Crippen LogP contribution < -0.4 is 4.74 Å². The SMILES string of the molecule is OC(c1ccccc1)c1cc(Cl)cc2c1OCC2. The van der Waals surface area contributed by atoms with Crippen molar-refractivity contribution in [1.82, 2.24) is 0 Å². The van der Waals surface area contributed by atoms with Crippen LogP contribution in [0.1, 0.15) is 22.8 Å². The molecule has 1 aliphatic rings. The number of benzene rings is 2. The summed E-state index contributed by atoms with van der Waals surface area (Å²) in [5.74, 6) is 0.788. The van der Waals surface area contributed by atoms with Crippen molar-refractivity contribution in [3.05, 3.63) is 64.2 Å². The van der Waals surface area contributed by atoms with Gasteiger partial charge in [0.25, 0.3) is 0 Å². The molecule has 1 unspecified atom stereocenters. The van der Waals surface area contributed by atoms with Crippen LogP contribution >= 0.6 is 11.6 Å². The zero-order valence-corrected chi connectivity index (χ0v) is 10.5. The van der Waals surface area contributed by atoms with Crippen LogP contribution in [0.25, 0.3) is 0 Å². The molecule has 0 radical (unpaired) electrons. The van der Waals surface area contributed by atoms with Gasteiger partial charge < -0.3 is 9.84 Å². The molecule has 0 spiro atoms. The molecule has 1 heterocycles. The Morgan fingerprint density at radius 1 is 1.17 bits per heavy atom. The second-order valence-corrected chi connectivity index (χ2v) is 4.83. The minimum absolute atomic E-state index is 0.643. The Morgan fingerprint density at radius 3 is 2.72 bits per heavy atom. The summed E-state index contributed by atoms with van der Waals surface area (Å²) in [5, 5.41) is 11.1. The average Bonchev–Trinajstić information content (AvgIpc) is 2.86. The molecule has 1 aliphatic heterocycles. The molecule has 1 atom stereocenters. The summed E-state index contributed by atoms with van der Waals surface area (Å²) in [5.41, 5.74) is 2.67. The molecule has 92 valence electrons. The van der Waals surface area contributed by atoms with Crippen molar-refractivity contribution in [3.63, 3.8) is 0 Å². The van der Waals surface area contributed by atoms with E-state index in [1.54, 1.807) is 6.07 Å². The molecule has 0 saturated heterocycles. The predicted molar refractivity (Wildman–Crippen MR) is 71.2 cm³/mol. The maximum absolute atomic E-state index is 10.4. The number of aliphatic hydroxyl groups excluding tert-OH is 1. The molecular weight excluding hydrogens is 248 g/mol. The second-order valence-electron chi connectivity index (χ2n) is 4.39. The van der Waals surface area contributed by atoms with Gasteiger partial charge in [-0.25, -0.2) is 0 Å². The number of aliphatic hydroxyl groups is 1. The van der Waals surface area contributed by atoms with Gasteiger partial charge in [-0.05, 0) is 23.3 Å². The van der Waals surface area contributed by atoms with Crippen LogP contribution in [0.5, 0.6) is 5.75 Å². The monoisotopic (exact) mass is 260 g/mol. The van der Waals surface area contributed by atoms with Crippen molar-refractivity contribution < 1.29 is 9.84 Å². The fourth-order valence-corrected chi connectivity index (χ4v) is 2.57. The van der Waals surface area contributed by atoms with Gasteiger partial charge in [0.05, 0.1) is 6.61 Å². The largest absolute Gasteiger partial charge is 0.493 e. The summed E-state index contributed by atoms with van der Waals surface area (Å²) in [7, 11) is 0. The van der Waals surface area contributed by atoms with Crippen LogP contribution in [-0.2, 0) is 6.42 Å². The summed E-state index contributed by atoms with van der Waals surface area (Å²) in [6.07, 6.45) is 0.154. The molecule has 3 rings (SSSR count). The molecular formula is C15H13ClO2. The lowest BCUT2D eigenvalue weighted by atomic mass is 9.98. The van der Waals surface area contributed by atoms with Gasteiger partial charge >= 0.3 is 0 Å². The van der Waals surface area contributed by atoms with E-state index in [1.807, 2.05) is 36.4 Å². The van der Waals surface area contributed by atoms with Crippen LogP contribution in [-0.4, -0.2) is 11.7 Å². The first-order chi connectivity index (χ1) is 8.75. The zero-order valence-electron chi connectivity index (χ0n) is 9.77. The topological polar surface area (TPSA) is 29.5 Å². The third-order valence-corrected chi connectivity index (χ3v) is 3.41. The van der Waals surface area contributed by atoms with Gasteiger partial charge in [-0.3, -0.25) is 0 Å². The fourth-order valence-electron chi connectivity index (χ4n) is 2.32. The maximum Gasteiger partial charge on any atom is 0.128 e. The van der Waals surface area contributed by atoms with E-state index in [9.17, 15) is 5.11 Å². The van der Waals surface area contributed by atoms with Crippen LogP contribution in [0.15, 0.2) is 42.5 Å². The Bertz CT molecular complexity index is 566. The van der Waals surface area contributed by atoms with Gasteiger partial charge in [-0.2, -0.15) is 0 Å². The van der Waals surface area contributed by atoms with Crippen molar-refractivity contribution >= 4 is 11.6 Å². The predicted octanol–water partition coefficient (Wildman–Crippen LogP) is 3.36. The summed E-state index contributed by atoms with van der Waals surface area (Å²) >= 11 is 6.09. The third kappa shape index (κ3) is 1.98. The highest BCUT2D eigenvalue weighted by molar-refractivity contribution is 6.30. The number of ether oxygens (including phenoxy) is 1. The van der Waals surface area contributed by atoms with E-state index in [0.29, 0.717) is 11.6 Å². The Labute approximate surface area is 111 Å². The molecule has 0 amide bonds. The van der Waals surface area contributed by atoms with E-state index in [-0.39, 0.29) is 0 Å². The van der Waals surface area contributed by atoms with Gasteiger partial charge in [0.1, 0.15) is 11.9 Å². The average molecular weight is 261 g/mol. The molecule has 2 aromatic carbocycles. The first-order valence-electron chi connectivity index (χ1n) is 5.94. The first kappa shape index (κ1) is 11.6. The van der Waals surface area contributed by atoms with Crippen molar-refractivity contribution in [2.45, 2.75) is 12.5 Å². The Kier molecular flexibility index (Phi) is 2.98. The van der Waals surface area contributed by atoms with E-state index in [4.69, 9.17) is 16.3 Å². The maximum atomic E-state index is 10.4. The highest BCUT2D eigenvalue weighted by Gasteiger charge is 2.22. The minimum Gasteiger partial charge on any atom is -0.493 e. The molecule has 0 fully saturated rings. The molecule has 2 nitrogen and oxygen atoms in total. The van der Waals surface area contributed by atoms with Gasteiger partial charge in [0.2, 0.25) is 0 Å². The van der Waals surface area contributed by atoms with Gasteiger partial charge in [-0.1, -0.05) is 41.9 Å². The lowest BCUT2D eigenvalue weighted by molar-refractivity contribution is 0.213. The van der Waals surface area contributed by atoms with Crippen LogP contribution in [0.3, 0.4) is 0 Å². The molecule has 1 N–H and O–H groups in total. The van der Waals surface area contributed by atoms with E-state index >= 15 is 0 Å². The van der Waals surface area contributed by atoms with E-state index < -0.39 is 6.10 Å². The van der Waals surface area contributed by atoms with Gasteiger partial charge in [0, 0.05) is 17.0 Å². The van der Waals surface area contributed by atoms with Crippen molar-refractivity contribution in [3.8, 4) is 5.75 Å². The number of rotatable bonds is 2. The number of hydrogen-bond donors (Lipinski definition) is 1. The van der Waals surface area contributed by atoms with Crippen LogP contribution in [0, 0.1) is 0 Å². The molecule has 18 heavy (non-hydrogen) atoms. The standard InChI is InChI=1S/C15H13ClO2/c16-12-8-11-6-7-18-15(11)13(9-12)14(17)10-4-2-1-3-5-10/h1-5,8-9,14,17H,6-7H2. The van der Waals surface area contributed by atoms with Crippen molar-refractivity contribution in [2.75, 3.05) is 6.61 Å². The molecule has 0 bridgehead atoms. The van der Waals surface area contributed by atoms with Gasteiger partial charge in [0.15, 0.2) is 0 Å². The molecule has 0 aromatic heterocycles. The number of hydrogen-bond acceptors (Lipinski definition) is 2. The second kappa shape index (κ2) is 4.63. The molecule has 2 aromatic rings. The van der Waals surface area contributed by atoms with E-state index in [2.05, 4.69) is 0 Å². The highest BCUT2D eigenvalue weighted by atomic mass is 35.5. The Morgan fingerprint density at radius 2 is 1.94 bits per heavy atom. The molecule has 0 aliphatic carbocycles. The fraction of sp³-hybridized carbons (Fsp3) is 0.200. The molecule has 3 heteroatoms. The van der Waals surface area contributed by atoms with Crippen LogP contribution in [0.4, 0.5) is 0 Å². The lowest BCUT2D eigenvalue weighted by Crippen LogP contribution is -2.02. The number of fused-ring (bicyclic) bond motifs is 1. The van der Waals surface area contributed by atoms with Gasteiger partial charge in [-0.15, -0.1) is 0 Å². The Balaban J connectivity index is 2.07. The highest BCUT2D eigenvalue weighted by Crippen LogP contribution is 2.38. The van der Waals surface area contributed by atoms with Crippen molar-refractivity contribution in [1.29, 1.82) is 0 Å². The van der Waals surface area contributed by atoms with Crippen LogP contribution in [0.2, 0.25) is 5.02 Å². The summed E-state index contributed by atoms with van der Waals surface area (Å²) in [6, 6.07) is 13.2. The minimum atomic E-state index is -0.697. The summed E-state index contributed by atoms with van der Waals surface area (Å²) in [4.78, 5) is 0. The summed E-state index contributed by atoms with van der Waals surface area (Å²) in [6.45, 7) is 0.657. The third-order valence-electron chi connectivity index (χ3n) is 3.19. The first-order valence-corrected chi connectivity index (χ1v) is 6.31. The van der Waals surface area contributed by atoms with Crippen molar-refractivity contribution in [2.24, 2.45) is 0 Å². The number of halogens is 1. The normalized spacial score (nSPS) is 15.0. The quantitative estimate of drug-likeness (QED) is 0.897. The smallest absolute Gasteiger partial charge is 0.128 e. The zero-order chi connectivity index (χ0) is 12.5. The van der Waals surface area contributed by atoms with E-state index in [0.717, 1.165) is 28.9 Å². The lowest BCUT2D eigenvalue weighted by Gasteiger charge is -2.15.